The van der Waals surface area contributed by atoms with Crippen LogP contribution in [0, 0.1) is 13.8 Å². The van der Waals surface area contributed by atoms with E-state index in [1.54, 1.807) is 0 Å². The Morgan fingerprint density at radius 3 is 2.38 bits per heavy atom. The molecule has 0 N–H and O–H groups in total. The Morgan fingerprint density at radius 1 is 1.12 bits per heavy atom. The molecule has 1 aromatic heterocycles. The van der Waals surface area contributed by atoms with Crippen LogP contribution < -0.4 is 4.57 Å². The van der Waals surface area contributed by atoms with E-state index in [0.717, 1.165) is 30.9 Å². The van der Waals surface area contributed by atoms with Gasteiger partial charge in [0.1, 0.15) is 0 Å². The Balaban J connectivity index is 2.45. The van der Waals surface area contributed by atoms with Crippen molar-refractivity contribution in [1.29, 1.82) is 0 Å². The molecule has 0 spiro atoms. The van der Waals surface area contributed by atoms with Crippen LogP contribution in [0.1, 0.15) is 89.2 Å². The van der Waals surface area contributed by atoms with Crippen molar-refractivity contribution in [2.24, 2.45) is 0 Å². The predicted octanol–water partition coefficient (Wildman–Crippen LogP) is 5.37. The molecule has 3 heteroatoms. The van der Waals surface area contributed by atoms with E-state index in [2.05, 4.69) is 78.4 Å². The fraction of sp³-hybridized carbons (Fsp3) is 0.609. The van der Waals surface area contributed by atoms with Crippen LogP contribution in [0.4, 0.5) is 0 Å². The van der Waals surface area contributed by atoms with E-state index in [-0.39, 0.29) is 11.0 Å². The van der Waals surface area contributed by atoms with Gasteiger partial charge in [0, 0.05) is 11.3 Å². The number of rotatable bonds is 4. The quantitative estimate of drug-likeness (QED) is 0.693. The van der Waals surface area contributed by atoms with Gasteiger partial charge in [0.15, 0.2) is 0 Å². The molecule has 0 saturated heterocycles. The van der Waals surface area contributed by atoms with E-state index in [1.807, 2.05) is 0 Å². The van der Waals surface area contributed by atoms with E-state index in [4.69, 9.17) is 9.97 Å². The molecule has 1 aliphatic rings. The molecule has 3 nitrogen and oxygen atoms in total. The van der Waals surface area contributed by atoms with Gasteiger partial charge < -0.3 is 0 Å². The smallest absolute Gasteiger partial charge is 0.227 e. The summed E-state index contributed by atoms with van der Waals surface area (Å²) in [4.78, 5) is 9.80. The molecular formula is C23H34N3+. The highest BCUT2D eigenvalue weighted by Crippen LogP contribution is 2.50. The summed E-state index contributed by atoms with van der Waals surface area (Å²) in [6.45, 7) is 18.2. The summed E-state index contributed by atoms with van der Waals surface area (Å²) in [6, 6.07) is 4.66. The third kappa shape index (κ3) is 2.51. The molecule has 0 amide bonds. The lowest BCUT2D eigenvalue weighted by molar-refractivity contribution is -0.770. The first kappa shape index (κ1) is 19.0. The molecule has 1 aromatic carbocycles. The first-order chi connectivity index (χ1) is 12.2. The maximum absolute atomic E-state index is 5.07. The van der Waals surface area contributed by atoms with Crippen molar-refractivity contribution in [2.45, 2.75) is 91.5 Å². The lowest BCUT2D eigenvalue weighted by atomic mass is 9.59. The number of fused-ring (bicyclic) bond motifs is 3. The molecule has 2 atom stereocenters. The molecular weight excluding hydrogens is 318 g/mol. The van der Waals surface area contributed by atoms with E-state index < -0.39 is 0 Å². The second kappa shape index (κ2) is 6.44. The van der Waals surface area contributed by atoms with Crippen LogP contribution in [-0.4, -0.2) is 9.97 Å². The first-order valence-corrected chi connectivity index (χ1v) is 10.1. The summed E-state index contributed by atoms with van der Waals surface area (Å²) >= 11 is 0. The molecule has 26 heavy (non-hydrogen) atoms. The third-order valence-electron chi connectivity index (χ3n) is 6.71. The SMILES string of the molecule is CCCC1(C)[n+]2cnc(C(C)C)nc2-c2cc(C)cc(C)c2C1(C)CC. The molecule has 0 fully saturated rings. The van der Waals surface area contributed by atoms with Crippen molar-refractivity contribution in [3.05, 3.63) is 41.0 Å². The minimum atomic E-state index is -0.0334. The van der Waals surface area contributed by atoms with E-state index in [9.17, 15) is 0 Å². The zero-order chi connectivity index (χ0) is 19.3. The number of aromatic nitrogens is 3. The predicted molar refractivity (Wildman–Crippen MR) is 107 cm³/mol. The number of hydrogen-bond acceptors (Lipinski definition) is 2. The molecule has 140 valence electrons. The van der Waals surface area contributed by atoms with Gasteiger partial charge in [-0.2, -0.15) is 0 Å². The van der Waals surface area contributed by atoms with Crippen LogP contribution in [-0.2, 0) is 11.0 Å². The van der Waals surface area contributed by atoms with Crippen molar-refractivity contribution in [3.63, 3.8) is 0 Å². The van der Waals surface area contributed by atoms with Crippen molar-refractivity contribution in [3.8, 4) is 11.4 Å². The average Bonchev–Trinajstić information content (AvgIpc) is 2.59. The van der Waals surface area contributed by atoms with Crippen molar-refractivity contribution >= 4 is 0 Å². The zero-order valence-corrected chi connectivity index (χ0v) is 17.8. The summed E-state index contributed by atoms with van der Waals surface area (Å²) in [5.74, 6) is 2.35. The van der Waals surface area contributed by atoms with Crippen LogP contribution in [0.15, 0.2) is 18.5 Å². The maximum Gasteiger partial charge on any atom is 0.279 e. The van der Waals surface area contributed by atoms with Gasteiger partial charge in [0.2, 0.25) is 6.33 Å². The second-order valence-electron chi connectivity index (χ2n) is 8.78. The summed E-state index contributed by atoms with van der Waals surface area (Å²) < 4.78 is 2.38. The number of nitrogens with zero attached hydrogens (tertiary/aromatic N) is 3. The molecule has 3 rings (SSSR count). The number of benzene rings is 1. The maximum atomic E-state index is 5.07. The first-order valence-electron chi connectivity index (χ1n) is 10.1. The Hall–Kier alpha value is -1.77. The Morgan fingerprint density at radius 2 is 1.81 bits per heavy atom. The Labute approximate surface area is 158 Å². The fourth-order valence-electron chi connectivity index (χ4n) is 5.04. The number of aryl methyl sites for hydroxylation is 2. The van der Waals surface area contributed by atoms with Crippen LogP contribution in [0.5, 0.6) is 0 Å². The second-order valence-corrected chi connectivity index (χ2v) is 8.78. The van der Waals surface area contributed by atoms with Crippen LogP contribution in [0.3, 0.4) is 0 Å². The summed E-state index contributed by atoms with van der Waals surface area (Å²) in [5, 5.41) is 0. The lowest BCUT2D eigenvalue weighted by Gasteiger charge is -2.50. The highest BCUT2D eigenvalue weighted by molar-refractivity contribution is 5.66. The third-order valence-corrected chi connectivity index (χ3v) is 6.71. The van der Waals surface area contributed by atoms with Gasteiger partial charge >= 0.3 is 0 Å². The minimum Gasteiger partial charge on any atom is -0.227 e. The van der Waals surface area contributed by atoms with Gasteiger partial charge in [-0.15, -0.1) is 0 Å². The summed E-state index contributed by atoms with van der Waals surface area (Å²) in [6.07, 6.45) is 5.41. The molecule has 0 aliphatic carbocycles. The molecule has 2 aromatic rings. The van der Waals surface area contributed by atoms with Gasteiger partial charge in [-0.25, -0.2) is 4.57 Å². The number of hydrogen-bond donors (Lipinski definition) is 0. The average molecular weight is 353 g/mol. The Kier molecular flexibility index (Phi) is 4.71. The summed E-state index contributed by atoms with van der Waals surface area (Å²) in [5.41, 5.74) is 5.49. The monoisotopic (exact) mass is 352 g/mol. The minimum absolute atomic E-state index is 0.0334. The normalized spacial score (nSPS) is 24.5. The van der Waals surface area contributed by atoms with E-state index >= 15 is 0 Å². The van der Waals surface area contributed by atoms with E-state index in [1.165, 1.54) is 22.3 Å². The fourth-order valence-corrected chi connectivity index (χ4v) is 5.04. The highest BCUT2D eigenvalue weighted by Gasteiger charge is 2.54. The molecule has 0 saturated carbocycles. The molecule has 1 aliphatic heterocycles. The molecule has 0 radical (unpaired) electrons. The van der Waals surface area contributed by atoms with Gasteiger partial charge in [-0.3, -0.25) is 0 Å². The molecule has 0 bridgehead atoms. The van der Waals surface area contributed by atoms with Gasteiger partial charge in [-0.1, -0.05) is 62.6 Å². The van der Waals surface area contributed by atoms with Crippen LogP contribution >= 0.6 is 0 Å². The van der Waals surface area contributed by atoms with Gasteiger partial charge in [0.25, 0.3) is 11.6 Å². The van der Waals surface area contributed by atoms with E-state index in [0.29, 0.717) is 5.92 Å². The lowest BCUT2D eigenvalue weighted by Crippen LogP contribution is -2.68. The largest absolute Gasteiger partial charge is 0.279 e. The summed E-state index contributed by atoms with van der Waals surface area (Å²) in [7, 11) is 0. The van der Waals surface area contributed by atoms with Crippen molar-refractivity contribution in [2.75, 3.05) is 0 Å². The van der Waals surface area contributed by atoms with Crippen LogP contribution in [0.25, 0.3) is 11.4 Å². The standard InChI is InChI=1S/C23H34N3/c1-9-11-23(8)22(7,10-2)19-17(6)12-16(5)13-18(19)21-25-20(15(3)4)24-14-26(21)23/h12-15H,9-11H2,1-8H3/q+1. The van der Waals surface area contributed by atoms with Crippen molar-refractivity contribution in [1.82, 2.24) is 9.97 Å². The molecule has 2 unspecified atom stereocenters. The molecule has 2 heterocycles. The van der Waals surface area contributed by atoms with Crippen molar-refractivity contribution < 1.29 is 4.57 Å². The topological polar surface area (TPSA) is 29.7 Å². The Bertz CT molecular complexity index is 840. The van der Waals surface area contributed by atoms with Gasteiger partial charge in [-0.05, 0) is 50.8 Å². The van der Waals surface area contributed by atoms with Gasteiger partial charge in [0.05, 0.1) is 11.1 Å². The highest BCUT2D eigenvalue weighted by atomic mass is 15.2. The van der Waals surface area contributed by atoms with Crippen LogP contribution in [0.2, 0.25) is 0 Å². The zero-order valence-electron chi connectivity index (χ0n) is 17.8.